The molecule has 118 valence electrons. The molecule has 3 rings (SSSR count). The van der Waals surface area contributed by atoms with Gasteiger partial charge in [0.1, 0.15) is 6.04 Å². The summed E-state index contributed by atoms with van der Waals surface area (Å²) in [5, 5.41) is 2.84. The molecule has 2 heterocycles. The summed E-state index contributed by atoms with van der Waals surface area (Å²) < 4.78 is 0. The Morgan fingerprint density at radius 1 is 1.26 bits per heavy atom. The number of hydrogen-bond donors (Lipinski definition) is 1. The van der Waals surface area contributed by atoms with Crippen molar-refractivity contribution in [3.8, 4) is 0 Å². The molecule has 0 unspecified atom stereocenters. The molecule has 5 nitrogen and oxygen atoms in total. The number of anilines is 1. The van der Waals surface area contributed by atoms with Crippen LogP contribution in [0.5, 0.6) is 0 Å². The monoisotopic (exact) mass is 309 g/mol. The number of aromatic nitrogens is 1. The minimum atomic E-state index is -0.428. The van der Waals surface area contributed by atoms with Crippen molar-refractivity contribution in [2.24, 2.45) is 0 Å². The van der Waals surface area contributed by atoms with Crippen molar-refractivity contribution in [3.05, 3.63) is 59.9 Å². The molecule has 1 aliphatic rings. The van der Waals surface area contributed by atoms with Crippen molar-refractivity contribution >= 4 is 17.5 Å². The average molecular weight is 309 g/mol. The zero-order chi connectivity index (χ0) is 16.2. The van der Waals surface area contributed by atoms with Crippen LogP contribution >= 0.6 is 0 Å². The zero-order valence-corrected chi connectivity index (χ0v) is 13.0. The van der Waals surface area contributed by atoms with Gasteiger partial charge in [-0.3, -0.25) is 14.6 Å². The fourth-order valence-electron chi connectivity index (χ4n) is 2.89. The summed E-state index contributed by atoms with van der Waals surface area (Å²) in [6.45, 7) is 2.56. The third kappa shape index (κ3) is 3.39. The number of carbonyl (C=O) groups excluding carboxylic acids is 2. The lowest BCUT2D eigenvalue weighted by Gasteiger charge is -2.24. The number of pyridine rings is 1. The lowest BCUT2D eigenvalue weighted by molar-refractivity contribution is -0.119. The standard InChI is InChI=1S/C18H19N3O2/c1-13-5-2-6-14(11-13)18(23)21-10-4-8-16(21)17(22)20-15-7-3-9-19-12-15/h2-3,5-7,9,11-12,16H,4,8,10H2,1H3,(H,20,22)/t16-/m1/s1. The number of nitrogens with one attached hydrogen (secondary N) is 1. The molecule has 2 amide bonds. The molecule has 2 aromatic rings. The Bertz CT molecular complexity index is 715. The lowest BCUT2D eigenvalue weighted by Crippen LogP contribution is -2.43. The molecule has 0 spiro atoms. The van der Waals surface area contributed by atoms with Crippen molar-refractivity contribution in [1.82, 2.24) is 9.88 Å². The molecule has 1 aromatic heterocycles. The normalized spacial score (nSPS) is 17.1. The number of aryl methyl sites for hydroxylation is 1. The van der Waals surface area contributed by atoms with Crippen LogP contribution in [0.4, 0.5) is 5.69 Å². The van der Waals surface area contributed by atoms with Gasteiger partial charge in [-0.25, -0.2) is 0 Å². The van der Waals surface area contributed by atoms with E-state index in [9.17, 15) is 9.59 Å². The highest BCUT2D eigenvalue weighted by molar-refractivity contribution is 6.01. The van der Waals surface area contributed by atoms with E-state index in [2.05, 4.69) is 10.3 Å². The van der Waals surface area contributed by atoms with Crippen LogP contribution in [0, 0.1) is 6.92 Å². The molecule has 1 atom stereocenters. The van der Waals surface area contributed by atoms with Gasteiger partial charge in [0.05, 0.1) is 11.9 Å². The molecule has 1 saturated heterocycles. The quantitative estimate of drug-likeness (QED) is 0.948. The molecule has 0 saturated carbocycles. The summed E-state index contributed by atoms with van der Waals surface area (Å²) in [6.07, 6.45) is 4.77. The van der Waals surface area contributed by atoms with E-state index in [4.69, 9.17) is 0 Å². The van der Waals surface area contributed by atoms with Crippen LogP contribution in [0.25, 0.3) is 0 Å². The molecule has 1 N–H and O–H groups in total. The van der Waals surface area contributed by atoms with Crippen LogP contribution in [0.15, 0.2) is 48.8 Å². The fourth-order valence-corrected chi connectivity index (χ4v) is 2.89. The number of hydrogen-bond acceptors (Lipinski definition) is 3. The van der Waals surface area contributed by atoms with Crippen LogP contribution in [0.2, 0.25) is 0 Å². The Hall–Kier alpha value is -2.69. The second-order valence-electron chi connectivity index (χ2n) is 5.76. The van der Waals surface area contributed by atoms with Gasteiger partial charge >= 0.3 is 0 Å². The summed E-state index contributed by atoms with van der Waals surface area (Å²) in [7, 11) is 0. The smallest absolute Gasteiger partial charge is 0.254 e. The molecular formula is C18H19N3O2. The number of likely N-dealkylation sites (tertiary alicyclic amines) is 1. The first-order valence-electron chi connectivity index (χ1n) is 7.73. The van der Waals surface area contributed by atoms with Crippen LogP contribution in [-0.2, 0) is 4.79 Å². The SMILES string of the molecule is Cc1cccc(C(=O)N2CCC[C@@H]2C(=O)Nc2cccnc2)c1. The molecule has 1 aliphatic heterocycles. The second-order valence-corrected chi connectivity index (χ2v) is 5.76. The van der Waals surface area contributed by atoms with Crippen LogP contribution < -0.4 is 5.32 Å². The van der Waals surface area contributed by atoms with E-state index in [1.165, 1.54) is 0 Å². The van der Waals surface area contributed by atoms with E-state index in [0.29, 0.717) is 24.2 Å². The third-order valence-corrected chi connectivity index (χ3v) is 4.01. The van der Waals surface area contributed by atoms with Gasteiger partial charge in [0.2, 0.25) is 5.91 Å². The van der Waals surface area contributed by atoms with E-state index in [1.54, 1.807) is 35.5 Å². The zero-order valence-electron chi connectivity index (χ0n) is 13.0. The Balaban J connectivity index is 1.74. The molecule has 5 heteroatoms. The Kier molecular flexibility index (Phi) is 4.37. The van der Waals surface area contributed by atoms with Crippen molar-refractivity contribution in [2.45, 2.75) is 25.8 Å². The molecule has 0 bridgehead atoms. The number of rotatable bonds is 3. The van der Waals surface area contributed by atoms with Crippen LogP contribution in [0.3, 0.4) is 0 Å². The topological polar surface area (TPSA) is 62.3 Å². The van der Waals surface area contributed by atoms with Gasteiger partial charge < -0.3 is 10.2 Å². The van der Waals surface area contributed by atoms with Crippen LogP contribution in [-0.4, -0.2) is 34.3 Å². The van der Waals surface area contributed by atoms with Crippen molar-refractivity contribution in [1.29, 1.82) is 0 Å². The maximum Gasteiger partial charge on any atom is 0.254 e. The van der Waals surface area contributed by atoms with Gasteiger partial charge in [0, 0.05) is 18.3 Å². The highest BCUT2D eigenvalue weighted by atomic mass is 16.2. The number of amides is 2. The highest BCUT2D eigenvalue weighted by Gasteiger charge is 2.34. The van der Waals surface area contributed by atoms with Gasteiger partial charge in [-0.15, -0.1) is 0 Å². The van der Waals surface area contributed by atoms with E-state index in [1.807, 2.05) is 25.1 Å². The molecule has 23 heavy (non-hydrogen) atoms. The van der Waals surface area contributed by atoms with E-state index >= 15 is 0 Å². The van der Waals surface area contributed by atoms with Crippen molar-refractivity contribution < 1.29 is 9.59 Å². The Labute approximate surface area is 135 Å². The molecule has 1 aromatic carbocycles. The predicted molar refractivity (Wildman–Crippen MR) is 88.1 cm³/mol. The average Bonchev–Trinajstić information content (AvgIpc) is 3.05. The van der Waals surface area contributed by atoms with Crippen molar-refractivity contribution in [3.63, 3.8) is 0 Å². The summed E-state index contributed by atoms with van der Waals surface area (Å²) in [5.41, 5.74) is 2.31. The largest absolute Gasteiger partial charge is 0.327 e. The highest BCUT2D eigenvalue weighted by Crippen LogP contribution is 2.22. The summed E-state index contributed by atoms with van der Waals surface area (Å²) in [5.74, 6) is -0.242. The fraction of sp³-hybridized carbons (Fsp3) is 0.278. The van der Waals surface area contributed by atoms with Gasteiger partial charge in [0.25, 0.3) is 5.91 Å². The first-order valence-corrected chi connectivity index (χ1v) is 7.73. The number of benzene rings is 1. The van der Waals surface area contributed by atoms with Gasteiger partial charge in [-0.05, 0) is 44.0 Å². The lowest BCUT2D eigenvalue weighted by atomic mass is 10.1. The minimum Gasteiger partial charge on any atom is -0.327 e. The van der Waals surface area contributed by atoms with Gasteiger partial charge in [0.15, 0.2) is 0 Å². The molecule has 0 aliphatic carbocycles. The van der Waals surface area contributed by atoms with Crippen molar-refractivity contribution in [2.75, 3.05) is 11.9 Å². The first-order chi connectivity index (χ1) is 11.1. The minimum absolute atomic E-state index is 0.0856. The van der Waals surface area contributed by atoms with Gasteiger partial charge in [-0.1, -0.05) is 17.7 Å². The molecule has 1 fully saturated rings. The number of carbonyl (C=O) groups is 2. The van der Waals surface area contributed by atoms with Crippen LogP contribution in [0.1, 0.15) is 28.8 Å². The first kappa shape index (κ1) is 15.2. The van der Waals surface area contributed by atoms with E-state index in [0.717, 1.165) is 12.0 Å². The maximum absolute atomic E-state index is 12.7. The third-order valence-electron chi connectivity index (χ3n) is 4.01. The predicted octanol–water partition coefficient (Wildman–Crippen LogP) is 2.63. The van der Waals surface area contributed by atoms with E-state index in [-0.39, 0.29) is 11.8 Å². The summed E-state index contributed by atoms with van der Waals surface area (Å²) in [4.78, 5) is 30.8. The Morgan fingerprint density at radius 2 is 2.13 bits per heavy atom. The summed E-state index contributed by atoms with van der Waals surface area (Å²) >= 11 is 0. The maximum atomic E-state index is 12.7. The van der Waals surface area contributed by atoms with E-state index < -0.39 is 6.04 Å². The second kappa shape index (κ2) is 6.60. The summed E-state index contributed by atoms with van der Waals surface area (Å²) in [6, 6.07) is 10.6. The molecular weight excluding hydrogens is 290 g/mol. The Morgan fingerprint density at radius 3 is 2.87 bits per heavy atom. The number of nitrogens with zero attached hydrogens (tertiary/aromatic N) is 2. The molecule has 0 radical (unpaired) electrons. The van der Waals surface area contributed by atoms with Gasteiger partial charge in [-0.2, -0.15) is 0 Å².